The molecule has 7 heterocycles. The molecule has 17 bridgehead atoms. The number of carboxylic acid groups (broad SMARTS) is 1. The van der Waals surface area contributed by atoms with Gasteiger partial charge < -0.3 is 97.0 Å². The fourth-order valence-corrected chi connectivity index (χ4v) is 13.5. The van der Waals surface area contributed by atoms with Crippen LogP contribution in [-0.2, 0) is 51.3 Å². The van der Waals surface area contributed by atoms with Crippen molar-refractivity contribution in [2.24, 2.45) is 5.10 Å². The van der Waals surface area contributed by atoms with E-state index < -0.39 is 171 Å². The van der Waals surface area contributed by atoms with E-state index in [0.29, 0.717) is 31.2 Å². The third kappa shape index (κ3) is 15.8. The Labute approximate surface area is 628 Å². The van der Waals surface area contributed by atoms with Crippen molar-refractivity contribution < 1.29 is 98.2 Å². The Kier molecular flexibility index (Phi) is 20.6. The molecule has 1 saturated heterocycles. The highest BCUT2D eigenvalue weighted by Crippen LogP contribution is 2.50. The highest BCUT2D eigenvalue weighted by atomic mass is 35.5. The number of carboxylic acids is 1. The van der Waals surface area contributed by atoms with Gasteiger partial charge >= 0.3 is 12.1 Å². The van der Waals surface area contributed by atoms with Gasteiger partial charge in [-0.1, -0.05) is 71.2 Å². The maximum Gasteiger partial charge on any atom is 0.408 e. The fraction of sp³-hybridized carbons (Fsp3) is 0.240. The number of nitrogens with one attached hydrogen (secondary N) is 7. The van der Waals surface area contributed by atoms with E-state index in [0.717, 1.165) is 66.2 Å². The van der Waals surface area contributed by atoms with E-state index in [4.69, 9.17) is 53.8 Å². The minimum atomic E-state index is -2.26. The number of carbonyl (C=O) groups excluding carboxylic acids is 7. The molecule has 108 heavy (non-hydrogen) atoms. The minimum absolute atomic E-state index is 0.0145. The van der Waals surface area contributed by atoms with Crippen LogP contribution in [-0.4, -0.2) is 148 Å². The summed E-state index contributed by atoms with van der Waals surface area (Å²) in [6, 6.07) is 13.4. The van der Waals surface area contributed by atoms with Crippen LogP contribution < -0.4 is 51.4 Å². The first-order chi connectivity index (χ1) is 51.4. The lowest BCUT2D eigenvalue weighted by atomic mass is 9.88. The number of aliphatic hydroxyl groups is 1. The number of hydrazone groups is 1. The molecule has 33 heteroatoms. The highest BCUT2D eigenvalue weighted by molar-refractivity contribution is 6.32. The van der Waals surface area contributed by atoms with E-state index in [9.17, 15) is 55.2 Å². The van der Waals surface area contributed by atoms with Gasteiger partial charge in [0.25, 0.3) is 0 Å². The number of aliphatic hydroxyl groups excluding tert-OH is 1. The molecule has 30 nitrogen and oxygen atoms in total. The smallest absolute Gasteiger partial charge is 0.408 e. The minimum Gasteiger partial charge on any atom is -0.508 e. The maximum absolute atomic E-state index is 16.2. The normalized spacial score (nSPS) is 21.0. The van der Waals surface area contributed by atoms with E-state index in [1.165, 1.54) is 48.5 Å². The fourth-order valence-electron chi connectivity index (χ4n) is 12.9. The molecule has 7 aliphatic heterocycles. The quantitative estimate of drug-likeness (QED) is 0.0695. The van der Waals surface area contributed by atoms with Crippen LogP contribution in [0.1, 0.15) is 107 Å². The summed E-state index contributed by atoms with van der Waals surface area (Å²) in [4.78, 5) is 122. The monoisotopic (exact) mass is 1530 g/mol. The number of aromatic hydroxyl groups is 6. The number of phenolic OH excluding ortho intramolecular Hbond substituents is 6. The lowest BCUT2D eigenvalue weighted by Gasteiger charge is -2.34. The molecular formula is C75H67Cl3N10O20. The van der Waals surface area contributed by atoms with Crippen LogP contribution in [0.2, 0.25) is 15.1 Å². The zero-order valence-corrected chi connectivity index (χ0v) is 59.4. The van der Waals surface area contributed by atoms with Crippen LogP contribution in [0.4, 0.5) is 4.79 Å². The van der Waals surface area contributed by atoms with Crippen LogP contribution >= 0.6 is 34.8 Å². The van der Waals surface area contributed by atoms with Crippen LogP contribution in [0.25, 0.3) is 11.1 Å². The van der Waals surface area contributed by atoms with Crippen LogP contribution in [0.5, 0.6) is 69.0 Å². The molecule has 0 saturated carbocycles. The third-order valence-corrected chi connectivity index (χ3v) is 19.2. The largest absolute Gasteiger partial charge is 0.508 e. The van der Waals surface area contributed by atoms with Crippen LogP contribution in [0.3, 0.4) is 0 Å². The second kappa shape index (κ2) is 30.0. The van der Waals surface area contributed by atoms with Crippen molar-refractivity contribution >= 4 is 88.5 Å². The van der Waals surface area contributed by atoms with Gasteiger partial charge in [0, 0.05) is 66.9 Å². The first kappa shape index (κ1) is 74.1. The van der Waals surface area contributed by atoms with Crippen LogP contribution in [0.15, 0.2) is 139 Å². The number of ether oxygens (including phenoxy) is 4. The summed E-state index contributed by atoms with van der Waals surface area (Å²) >= 11 is 20.0. The number of fused-ring (bicyclic) bond motifs is 14. The lowest BCUT2D eigenvalue weighted by Crippen LogP contribution is -2.55. The number of benzene rings is 8. The average Bonchev–Trinajstić information content (AvgIpc) is 0.751. The number of piperazine rings is 1. The number of alkyl carbamates (subject to hydrolysis) is 1. The molecule has 7 aliphatic rings. The number of hydrogen-bond donors (Lipinski definition) is 15. The molecule has 15 N–H and O–H groups in total. The van der Waals surface area contributed by atoms with Gasteiger partial charge in [-0.25, -0.2) is 9.59 Å². The van der Waals surface area contributed by atoms with Gasteiger partial charge in [0.05, 0.1) is 21.8 Å². The predicted molar refractivity (Wildman–Crippen MR) is 386 cm³/mol. The zero-order valence-electron chi connectivity index (χ0n) is 57.1. The molecule has 0 aromatic heterocycles. The third-order valence-electron chi connectivity index (χ3n) is 18.3. The Balaban J connectivity index is 0.963. The molecule has 558 valence electrons. The van der Waals surface area contributed by atoms with Crippen molar-refractivity contribution in [2.75, 3.05) is 26.2 Å². The first-order valence-electron chi connectivity index (χ1n) is 33.4. The molecule has 0 aliphatic carbocycles. The van der Waals surface area contributed by atoms with Gasteiger partial charge in [-0.2, -0.15) is 5.10 Å². The van der Waals surface area contributed by atoms with Crippen molar-refractivity contribution in [3.8, 4) is 80.1 Å². The maximum atomic E-state index is 16.2. The molecule has 8 aromatic carbocycles. The molecule has 7 amide bonds. The molecule has 0 radical (unpaired) electrons. The van der Waals surface area contributed by atoms with E-state index in [1.807, 2.05) is 4.90 Å². The standard InChI is InChI=1S/C75H67Cl3N10O20/c1-75(2,3)108-74(104)86-59-36-8-13-50(91)54(26-36)105-42-23-38(22-41(89)29-42)60-70(99)83-61-39-27-55(106-52-14-6-34(20-46(52)77)21-48(67(96)81-60)80-68(59)97)66(95)56(28-39)107-53-15-9-37(25-47(53)78)64(93)63-72(101)84-62(73(102)103)44-30-51(92)45(32-87-16-18-88(19-17-87)79-31-33-4-10-40(76)11-5-33)65(94)57(44)43-24-35(7-12-49(43)90)58(69(98)85-63)82-71(61)100/h4-15,20,22-31,48,58-64,89-95H,16-19,21,32H2,1-3H3,(H,80,97)(H,81,96)(H,82,100)(H,83,99)(H,84,101)(H,85,98)(H,86,104)(H,102,103)/b79-31+/t48-,58-,59-,60-,61-,62-,63-,64?/m0/s1. The summed E-state index contributed by atoms with van der Waals surface area (Å²) in [6.45, 7) is 5.88. The van der Waals surface area contributed by atoms with Gasteiger partial charge in [0.1, 0.15) is 88.2 Å². The van der Waals surface area contributed by atoms with Crippen molar-refractivity contribution in [3.05, 3.63) is 199 Å². The SMILES string of the molecule is CC(C)(C)OC(=O)N[C@@H]1C(=O)N[C@H]2Cc3ccc(c(Cl)c3)Oc3cc4cc(c3O)Oc3ccc(cc3Cl)C(O)[C@@H]3NC(=O)[C@@H](NC(=O)[C@H]4NC(=O)[C@@H](NC2=O)c2cc(O)cc(c2)Oc2cc1ccc2O)c1ccc(O)c(c1)-c1c(cc(O)c(CN2CCN(/N=C/c4ccc(Cl)cc4)CC2)c1O)[C@@H](C(=O)O)NC3=O. The van der Waals surface area contributed by atoms with E-state index in [-0.39, 0.29) is 78.5 Å². The predicted octanol–water partition coefficient (Wildman–Crippen LogP) is 8.36. The molecule has 1 unspecified atom stereocenters. The lowest BCUT2D eigenvalue weighted by molar-refractivity contribution is -0.143. The zero-order chi connectivity index (χ0) is 76.9. The summed E-state index contributed by atoms with van der Waals surface area (Å²) in [7, 11) is 0. The van der Waals surface area contributed by atoms with Gasteiger partial charge in [0.2, 0.25) is 41.2 Å². The summed E-state index contributed by atoms with van der Waals surface area (Å²) in [5.41, 5.74) is -2.90. The number of amides is 7. The molecule has 1 fully saturated rings. The number of phenols is 6. The van der Waals surface area contributed by atoms with Crippen molar-refractivity contribution in [1.82, 2.24) is 47.1 Å². The number of aliphatic carboxylic acids is 1. The highest BCUT2D eigenvalue weighted by Gasteiger charge is 2.43. The number of nitrogens with zero attached hydrogens (tertiary/aromatic N) is 3. The van der Waals surface area contributed by atoms with Crippen molar-refractivity contribution in [2.45, 2.75) is 87.7 Å². The topological polar surface area (TPSA) is 438 Å². The second-order valence-corrected chi connectivity index (χ2v) is 28.2. The Bertz CT molecular complexity index is 5050. The molecule has 0 spiro atoms. The van der Waals surface area contributed by atoms with Gasteiger partial charge in [-0.05, 0) is 151 Å². The van der Waals surface area contributed by atoms with Crippen LogP contribution in [0, 0.1) is 0 Å². The number of hydrogen-bond acceptors (Lipinski definition) is 22. The van der Waals surface area contributed by atoms with Gasteiger partial charge in [-0.3, -0.25) is 38.7 Å². The summed E-state index contributed by atoms with van der Waals surface area (Å²) in [5.74, 6) is -15.7. The average molecular weight is 1530 g/mol. The summed E-state index contributed by atoms with van der Waals surface area (Å²) < 4.78 is 24.2. The number of halogens is 3. The Morgan fingerprint density at radius 2 is 1.18 bits per heavy atom. The Morgan fingerprint density at radius 1 is 0.574 bits per heavy atom. The Morgan fingerprint density at radius 3 is 1.83 bits per heavy atom. The van der Waals surface area contributed by atoms with Crippen molar-refractivity contribution in [3.63, 3.8) is 0 Å². The van der Waals surface area contributed by atoms with Gasteiger partial charge in [0.15, 0.2) is 29.0 Å². The molecule has 8 aromatic rings. The molecule has 15 rings (SSSR count). The first-order valence-corrected chi connectivity index (χ1v) is 34.6. The molecular weight excluding hydrogens is 1470 g/mol. The summed E-state index contributed by atoms with van der Waals surface area (Å²) in [5, 5.41) is 119. The van der Waals surface area contributed by atoms with Gasteiger partial charge in [-0.15, -0.1) is 0 Å². The number of rotatable bonds is 6. The Hall–Kier alpha value is -12.2. The van der Waals surface area contributed by atoms with Crippen molar-refractivity contribution in [1.29, 1.82) is 0 Å². The van der Waals surface area contributed by atoms with E-state index in [2.05, 4.69) is 42.3 Å². The van der Waals surface area contributed by atoms with E-state index in [1.54, 1.807) is 56.3 Å². The second-order valence-electron chi connectivity index (χ2n) is 27.0. The summed E-state index contributed by atoms with van der Waals surface area (Å²) in [6.07, 6.45) is -2.06. The number of carbonyl (C=O) groups is 8. The molecule has 8 atom stereocenters. The van der Waals surface area contributed by atoms with E-state index >= 15 is 24.0 Å².